The number of aromatic nitrogens is 1. The molecule has 1 unspecified atom stereocenters. The third-order valence-corrected chi connectivity index (χ3v) is 7.91. The van der Waals surface area contributed by atoms with Gasteiger partial charge in [-0.2, -0.15) is 0 Å². The van der Waals surface area contributed by atoms with E-state index in [-0.39, 0.29) is 11.9 Å². The highest BCUT2D eigenvalue weighted by molar-refractivity contribution is 8.00. The highest BCUT2D eigenvalue weighted by Gasteiger charge is 2.25. The van der Waals surface area contributed by atoms with Crippen molar-refractivity contribution in [3.8, 4) is 5.75 Å². The van der Waals surface area contributed by atoms with Crippen LogP contribution in [0.25, 0.3) is 0 Å². The standard InChI is InChI=1S/C25H29N3O2S2/c1-18-16-31-25(27-18)32-17-20-8-3-4-11-22(20)24(29)26-15-23(28-12-5-6-13-28)19-9-7-10-21(14-19)30-2/h3-4,7-11,14,16,23H,5-6,12-13,15,17H2,1-2H3,(H,26,29). The van der Waals surface area contributed by atoms with E-state index < -0.39 is 0 Å². The van der Waals surface area contributed by atoms with Gasteiger partial charge in [0.2, 0.25) is 0 Å². The van der Waals surface area contributed by atoms with E-state index in [9.17, 15) is 4.79 Å². The predicted molar refractivity (Wildman–Crippen MR) is 132 cm³/mol. The Morgan fingerprint density at radius 1 is 1.22 bits per heavy atom. The lowest BCUT2D eigenvalue weighted by Gasteiger charge is -2.28. The van der Waals surface area contributed by atoms with Crippen molar-refractivity contribution in [1.29, 1.82) is 0 Å². The maximum atomic E-state index is 13.2. The van der Waals surface area contributed by atoms with Crippen LogP contribution >= 0.6 is 23.1 Å². The molecule has 1 aliphatic heterocycles. The molecule has 0 spiro atoms. The van der Waals surface area contributed by atoms with Crippen molar-refractivity contribution in [2.75, 3.05) is 26.7 Å². The summed E-state index contributed by atoms with van der Waals surface area (Å²) in [4.78, 5) is 20.2. The monoisotopic (exact) mass is 467 g/mol. The number of nitrogens with zero attached hydrogens (tertiary/aromatic N) is 2. The normalized spacial score (nSPS) is 14.9. The van der Waals surface area contributed by atoms with Crippen LogP contribution in [0.5, 0.6) is 5.75 Å². The Kier molecular flexibility index (Phi) is 7.84. The number of likely N-dealkylation sites (tertiary alicyclic amines) is 1. The van der Waals surface area contributed by atoms with Crippen LogP contribution in [0.15, 0.2) is 58.3 Å². The molecule has 4 rings (SSSR count). The van der Waals surface area contributed by atoms with Gasteiger partial charge in [-0.15, -0.1) is 11.3 Å². The molecule has 1 atom stereocenters. The molecule has 1 fully saturated rings. The zero-order valence-corrected chi connectivity index (χ0v) is 20.2. The van der Waals surface area contributed by atoms with E-state index in [4.69, 9.17) is 4.74 Å². The summed E-state index contributed by atoms with van der Waals surface area (Å²) in [5.41, 5.74) is 3.98. The topological polar surface area (TPSA) is 54.5 Å². The van der Waals surface area contributed by atoms with E-state index in [0.717, 1.165) is 45.8 Å². The Labute approximate surface area is 198 Å². The Bertz CT molecular complexity index is 1050. The summed E-state index contributed by atoms with van der Waals surface area (Å²) in [6.45, 7) is 4.68. The molecule has 1 aliphatic rings. The number of ether oxygens (including phenoxy) is 1. The van der Waals surface area contributed by atoms with E-state index >= 15 is 0 Å². The van der Waals surface area contributed by atoms with Gasteiger partial charge in [-0.3, -0.25) is 9.69 Å². The first-order valence-corrected chi connectivity index (χ1v) is 12.8. The minimum atomic E-state index is -0.0244. The van der Waals surface area contributed by atoms with Gasteiger partial charge in [0, 0.05) is 28.9 Å². The lowest BCUT2D eigenvalue weighted by molar-refractivity contribution is 0.0937. The number of carbonyl (C=O) groups excluding carboxylic acids is 1. The Morgan fingerprint density at radius 2 is 2.03 bits per heavy atom. The van der Waals surface area contributed by atoms with Crippen molar-refractivity contribution in [2.45, 2.75) is 35.9 Å². The van der Waals surface area contributed by atoms with Crippen LogP contribution in [0.3, 0.4) is 0 Å². The Hall–Kier alpha value is -2.35. The quantitative estimate of drug-likeness (QED) is 0.432. The molecule has 1 N–H and O–H groups in total. The fourth-order valence-corrected chi connectivity index (χ4v) is 5.90. The molecular formula is C25H29N3O2S2. The van der Waals surface area contributed by atoms with Crippen molar-refractivity contribution >= 4 is 29.0 Å². The van der Waals surface area contributed by atoms with Crippen LogP contribution in [-0.2, 0) is 5.75 Å². The molecule has 32 heavy (non-hydrogen) atoms. The highest BCUT2D eigenvalue weighted by Crippen LogP contribution is 2.29. The number of amides is 1. The SMILES string of the molecule is COc1cccc(C(CNC(=O)c2ccccc2CSc2nc(C)cs2)N2CCCC2)c1. The van der Waals surface area contributed by atoms with Crippen molar-refractivity contribution < 1.29 is 9.53 Å². The molecule has 5 nitrogen and oxygen atoms in total. The van der Waals surface area contributed by atoms with Gasteiger partial charge in [0.15, 0.2) is 0 Å². The maximum Gasteiger partial charge on any atom is 0.251 e. The molecule has 168 valence electrons. The first-order chi connectivity index (χ1) is 15.6. The molecule has 1 aromatic heterocycles. The van der Waals surface area contributed by atoms with Gasteiger partial charge in [0.1, 0.15) is 10.1 Å². The predicted octanol–water partition coefficient (Wildman–Crippen LogP) is 5.32. The van der Waals surface area contributed by atoms with Gasteiger partial charge in [-0.05, 0) is 62.2 Å². The summed E-state index contributed by atoms with van der Waals surface area (Å²) in [6, 6.07) is 16.2. The first-order valence-electron chi connectivity index (χ1n) is 10.9. The average molecular weight is 468 g/mol. The largest absolute Gasteiger partial charge is 0.497 e. The van der Waals surface area contributed by atoms with Crippen LogP contribution in [0.2, 0.25) is 0 Å². The molecule has 7 heteroatoms. The zero-order chi connectivity index (χ0) is 22.3. The van der Waals surface area contributed by atoms with Crippen molar-refractivity contribution in [3.63, 3.8) is 0 Å². The van der Waals surface area contributed by atoms with Gasteiger partial charge in [0.25, 0.3) is 5.91 Å². The molecular weight excluding hydrogens is 438 g/mol. The number of benzene rings is 2. The van der Waals surface area contributed by atoms with Crippen molar-refractivity contribution in [3.05, 3.63) is 76.3 Å². The summed E-state index contributed by atoms with van der Waals surface area (Å²) in [7, 11) is 1.69. The van der Waals surface area contributed by atoms with Gasteiger partial charge < -0.3 is 10.1 Å². The fourth-order valence-electron chi connectivity index (χ4n) is 4.05. The number of carbonyl (C=O) groups is 1. The van der Waals surface area contributed by atoms with Crippen LogP contribution in [0.4, 0.5) is 0 Å². The molecule has 1 saturated heterocycles. The van der Waals surface area contributed by atoms with Gasteiger partial charge in [-0.1, -0.05) is 42.1 Å². The number of thiazole rings is 1. The lowest BCUT2D eigenvalue weighted by Crippen LogP contribution is -2.37. The number of thioether (sulfide) groups is 1. The number of methoxy groups -OCH3 is 1. The third-order valence-electron chi connectivity index (χ3n) is 5.73. The summed E-state index contributed by atoms with van der Waals surface area (Å²) in [6.07, 6.45) is 2.40. The van der Waals surface area contributed by atoms with Crippen LogP contribution < -0.4 is 10.1 Å². The number of hydrogen-bond acceptors (Lipinski definition) is 6. The van der Waals surface area contributed by atoms with Gasteiger partial charge in [0.05, 0.1) is 13.2 Å². The number of aryl methyl sites for hydroxylation is 1. The first kappa shape index (κ1) is 22.8. The number of rotatable bonds is 9. The molecule has 2 heterocycles. The molecule has 3 aromatic rings. The van der Waals surface area contributed by atoms with Crippen LogP contribution in [0, 0.1) is 6.92 Å². The van der Waals surface area contributed by atoms with E-state index in [1.54, 1.807) is 30.2 Å². The van der Waals surface area contributed by atoms with E-state index in [0.29, 0.717) is 6.54 Å². The fraction of sp³-hybridized carbons (Fsp3) is 0.360. The van der Waals surface area contributed by atoms with Gasteiger partial charge >= 0.3 is 0 Å². The van der Waals surface area contributed by atoms with E-state index in [2.05, 4.69) is 32.7 Å². The number of nitrogens with one attached hydrogen (secondary N) is 1. The molecule has 1 amide bonds. The van der Waals surface area contributed by atoms with Crippen LogP contribution in [0.1, 0.15) is 46.1 Å². The summed E-state index contributed by atoms with van der Waals surface area (Å²) in [5.74, 6) is 1.54. The molecule has 0 saturated carbocycles. The second kappa shape index (κ2) is 11.0. The summed E-state index contributed by atoms with van der Waals surface area (Å²) >= 11 is 3.32. The summed E-state index contributed by atoms with van der Waals surface area (Å²) in [5, 5.41) is 5.26. The van der Waals surface area contributed by atoms with E-state index in [1.807, 2.05) is 43.3 Å². The van der Waals surface area contributed by atoms with E-state index in [1.165, 1.54) is 18.4 Å². The highest BCUT2D eigenvalue weighted by atomic mass is 32.2. The van der Waals surface area contributed by atoms with Crippen molar-refractivity contribution in [2.24, 2.45) is 0 Å². The molecule has 0 aliphatic carbocycles. The maximum absolute atomic E-state index is 13.2. The third kappa shape index (κ3) is 5.71. The zero-order valence-electron chi connectivity index (χ0n) is 18.5. The minimum Gasteiger partial charge on any atom is -0.497 e. The Balaban J connectivity index is 1.46. The second-order valence-corrected chi connectivity index (χ2v) is 10.0. The minimum absolute atomic E-state index is 0.0244. The smallest absolute Gasteiger partial charge is 0.251 e. The lowest BCUT2D eigenvalue weighted by atomic mass is 10.0. The molecule has 0 bridgehead atoms. The Morgan fingerprint density at radius 3 is 2.78 bits per heavy atom. The summed E-state index contributed by atoms with van der Waals surface area (Å²) < 4.78 is 6.46. The molecule has 2 aromatic carbocycles. The van der Waals surface area contributed by atoms with Crippen LogP contribution in [-0.4, -0.2) is 42.5 Å². The second-order valence-electron chi connectivity index (χ2n) is 7.95. The van der Waals surface area contributed by atoms with Crippen molar-refractivity contribution in [1.82, 2.24) is 15.2 Å². The van der Waals surface area contributed by atoms with Gasteiger partial charge in [-0.25, -0.2) is 4.98 Å². The average Bonchev–Trinajstić information content (AvgIpc) is 3.50. The molecule has 0 radical (unpaired) electrons. The number of hydrogen-bond donors (Lipinski definition) is 1.